The first-order valence-electron chi connectivity index (χ1n) is 6.08. The molecule has 0 aliphatic rings. The van der Waals surface area contributed by atoms with Crippen molar-refractivity contribution in [2.24, 2.45) is 0 Å². The monoisotopic (exact) mass is 268 g/mol. The fourth-order valence-corrected chi connectivity index (χ4v) is 1.34. The predicted octanol–water partition coefficient (Wildman–Crippen LogP) is 2.18. The van der Waals surface area contributed by atoms with Gasteiger partial charge in [0.2, 0.25) is 0 Å². The number of nitro benzene ring substituents is 1. The Morgan fingerprint density at radius 3 is 2.42 bits per heavy atom. The van der Waals surface area contributed by atoms with Crippen molar-refractivity contribution in [3.8, 4) is 0 Å². The second kappa shape index (κ2) is 6.49. The van der Waals surface area contributed by atoms with E-state index in [1.807, 2.05) is 20.8 Å². The standard InChI is InChI=1S/C13H20N2O4/c1-13(2,3)19-9-12(16)8-14-10-4-6-11(7-5-10)15(17)18/h4-7,12,14,16H,8-9H2,1-3H3. The van der Waals surface area contributed by atoms with Gasteiger partial charge in [-0.05, 0) is 32.9 Å². The molecule has 1 rings (SSSR count). The molecule has 0 bridgehead atoms. The first-order valence-corrected chi connectivity index (χ1v) is 6.08. The zero-order chi connectivity index (χ0) is 14.5. The summed E-state index contributed by atoms with van der Waals surface area (Å²) in [6.45, 7) is 6.33. The maximum atomic E-state index is 10.5. The third-order valence-corrected chi connectivity index (χ3v) is 2.33. The third kappa shape index (κ3) is 6.17. The van der Waals surface area contributed by atoms with Gasteiger partial charge in [0, 0.05) is 24.4 Å². The largest absolute Gasteiger partial charge is 0.389 e. The molecule has 106 valence electrons. The van der Waals surface area contributed by atoms with Crippen LogP contribution in [-0.4, -0.2) is 34.9 Å². The highest BCUT2D eigenvalue weighted by Crippen LogP contribution is 2.15. The van der Waals surface area contributed by atoms with Gasteiger partial charge in [-0.3, -0.25) is 10.1 Å². The minimum Gasteiger partial charge on any atom is -0.389 e. The van der Waals surface area contributed by atoms with Crippen molar-refractivity contribution in [1.82, 2.24) is 0 Å². The lowest BCUT2D eigenvalue weighted by Gasteiger charge is -2.22. The summed E-state index contributed by atoms with van der Waals surface area (Å²) in [5.74, 6) is 0. The number of rotatable bonds is 6. The molecule has 0 aromatic heterocycles. The van der Waals surface area contributed by atoms with Gasteiger partial charge in [0.15, 0.2) is 0 Å². The average molecular weight is 268 g/mol. The van der Waals surface area contributed by atoms with Crippen LogP contribution in [0.15, 0.2) is 24.3 Å². The van der Waals surface area contributed by atoms with Gasteiger partial charge in [0.25, 0.3) is 5.69 Å². The molecule has 1 atom stereocenters. The molecule has 0 saturated carbocycles. The number of hydrogen-bond acceptors (Lipinski definition) is 5. The van der Waals surface area contributed by atoms with E-state index in [4.69, 9.17) is 4.74 Å². The highest BCUT2D eigenvalue weighted by molar-refractivity contribution is 5.48. The zero-order valence-corrected chi connectivity index (χ0v) is 11.4. The number of non-ortho nitro benzene ring substituents is 1. The number of nitrogens with one attached hydrogen (secondary N) is 1. The summed E-state index contributed by atoms with van der Waals surface area (Å²) < 4.78 is 5.45. The lowest BCUT2D eigenvalue weighted by atomic mass is 10.2. The summed E-state index contributed by atoms with van der Waals surface area (Å²) in [6.07, 6.45) is -0.630. The fraction of sp³-hybridized carbons (Fsp3) is 0.538. The molecule has 6 nitrogen and oxygen atoms in total. The molecule has 1 aromatic rings. The lowest BCUT2D eigenvalue weighted by molar-refractivity contribution is -0.384. The topological polar surface area (TPSA) is 84.6 Å². The molecular weight excluding hydrogens is 248 g/mol. The number of nitrogens with zero attached hydrogens (tertiary/aromatic N) is 1. The minimum atomic E-state index is -0.630. The molecule has 19 heavy (non-hydrogen) atoms. The number of hydrogen-bond donors (Lipinski definition) is 2. The Morgan fingerprint density at radius 2 is 1.95 bits per heavy atom. The number of aliphatic hydroxyl groups is 1. The molecule has 0 saturated heterocycles. The first kappa shape index (κ1) is 15.4. The fourth-order valence-electron chi connectivity index (χ4n) is 1.34. The van der Waals surface area contributed by atoms with Crippen LogP contribution in [-0.2, 0) is 4.74 Å². The van der Waals surface area contributed by atoms with Crippen LogP contribution in [0.5, 0.6) is 0 Å². The molecule has 0 spiro atoms. The van der Waals surface area contributed by atoms with Crippen LogP contribution in [0, 0.1) is 10.1 Å². The minimum absolute atomic E-state index is 0.0437. The Labute approximate surface area is 112 Å². The first-order chi connectivity index (χ1) is 8.78. The van der Waals surface area contributed by atoms with Gasteiger partial charge in [-0.15, -0.1) is 0 Å². The van der Waals surface area contributed by atoms with Crippen LogP contribution >= 0.6 is 0 Å². The third-order valence-electron chi connectivity index (χ3n) is 2.33. The van der Waals surface area contributed by atoms with Crippen molar-refractivity contribution in [3.63, 3.8) is 0 Å². The Balaban J connectivity index is 2.37. The quantitative estimate of drug-likeness (QED) is 0.610. The Hall–Kier alpha value is -1.66. The van der Waals surface area contributed by atoms with Gasteiger partial charge in [-0.2, -0.15) is 0 Å². The van der Waals surface area contributed by atoms with Crippen molar-refractivity contribution in [2.75, 3.05) is 18.5 Å². The van der Waals surface area contributed by atoms with Crippen LogP contribution in [0.3, 0.4) is 0 Å². The maximum absolute atomic E-state index is 10.5. The van der Waals surface area contributed by atoms with E-state index in [0.29, 0.717) is 6.54 Å². The van der Waals surface area contributed by atoms with Crippen LogP contribution in [0.4, 0.5) is 11.4 Å². The van der Waals surface area contributed by atoms with Gasteiger partial charge in [-0.1, -0.05) is 0 Å². The van der Waals surface area contributed by atoms with Gasteiger partial charge < -0.3 is 15.2 Å². The number of benzene rings is 1. The SMILES string of the molecule is CC(C)(C)OCC(O)CNc1ccc([N+](=O)[O-])cc1. The van der Waals surface area contributed by atoms with Crippen LogP contribution < -0.4 is 5.32 Å². The summed E-state index contributed by atoms with van der Waals surface area (Å²) in [6, 6.07) is 6.05. The Morgan fingerprint density at radius 1 is 1.37 bits per heavy atom. The van der Waals surface area contributed by atoms with Crippen molar-refractivity contribution in [1.29, 1.82) is 0 Å². The van der Waals surface area contributed by atoms with Crippen molar-refractivity contribution in [3.05, 3.63) is 34.4 Å². The van der Waals surface area contributed by atoms with E-state index in [9.17, 15) is 15.2 Å². The maximum Gasteiger partial charge on any atom is 0.269 e. The van der Waals surface area contributed by atoms with Crippen molar-refractivity contribution in [2.45, 2.75) is 32.5 Å². The molecule has 1 aromatic carbocycles. The normalized spacial score (nSPS) is 13.1. The van der Waals surface area contributed by atoms with Crippen LogP contribution in [0.1, 0.15) is 20.8 Å². The van der Waals surface area contributed by atoms with Gasteiger partial charge in [-0.25, -0.2) is 0 Å². The van der Waals surface area contributed by atoms with Gasteiger partial charge in [0.05, 0.1) is 23.2 Å². The average Bonchev–Trinajstić information content (AvgIpc) is 2.33. The van der Waals surface area contributed by atoms with Gasteiger partial charge >= 0.3 is 0 Å². The molecule has 2 N–H and O–H groups in total. The summed E-state index contributed by atoms with van der Waals surface area (Å²) in [4.78, 5) is 10.0. The number of nitro groups is 1. The van der Waals surface area contributed by atoms with E-state index in [2.05, 4.69) is 5.32 Å². The van der Waals surface area contributed by atoms with Crippen LogP contribution in [0.2, 0.25) is 0 Å². The van der Waals surface area contributed by atoms with E-state index < -0.39 is 11.0 Å². The molecule has 1 unspecified atom stereocenters. The summed E-state index contributed by atoms with van der Waals surface area (Å²) in [7, 11) is 0. The molecule has 0 aliphatic heterocycles. The van der Waals surface area contributed by atoms with E-state index >= 15 is 0 Å². The second-order valence-electron chi connectivity index (χ2n) is 5.26. The molecule has 0 heterocycles. The predicted molar refractivity (Wildman–Crippen MR) is 73.3 cm³/mol. The molecule has 0 fully saturated rings. The molecule has 0 radical (unpaired) electrons. The highest BCUT2D eigenvalue weighted by Gasteiger charge is 2.13. The molecule has 0 amide bonds. The summed E-state index contributed by atoms with van der Waals surface area (Å²) in [5, 5.41) is 23.2. The van der Waals surface area contributed by atoms with E-state index in [1.165, 1.54) is 12.1 Å². The molecular formula is C13H20N2O4. The smallest absolute Gasteiger partial charge is 0.269 e. The molecule has 6 heteroatoms. The van der Waals surface area contributed by atoms with E-state index in [1.54, 1.807) is 12.1 Å². The number of aliphatic hydroxyl groups excluding tert-OH is 1. The summed E-state index contributed by atoms with van der Waals surface area (Å²) >= 11 is 0. The van der Waals surface area contributed by atoms with Crippen molar-refractivity contribution >= 4 is 11.4 Å². The summed E-state index contributed by atoms with van der Waals surface area (Å²) in [5.41, 5.74) is 0.483. The highest BCUT2D eigenvalue weighted by atomic mass is 16.6. The van der Waals surface area contributed by atoms with Gasteiger partial charge in [0.1, 0.15) is 0 Å². The lowest BCUT2D eigenvalue weighted by Crippen LogP contribution is -2.30. The van der Waals surface area contributed by atoms with E-state index in [0.717, 1.165) is 5.69 Å². The Bertz CT molecular complexity index is 412. The zero-order valence-electron chi connectivity index (χ0n) is 11.4. The van der Waals surface area contributed by atoms with E-state index in [-0.39, 0.29) is 17.9 Å². The van der Waals surface area contributed by atoms with Crippen molar-refractivity contribution < 1.29 is 14.8 Å². The number of ether oxygens (including phenoxy) is 1. The van der Waals surface area contributed by atoms with Crippen LogP contribution in [0.25, 0.3) is 0 Å². The molecule has 0 aliphatic carbocycles. The number of anilines is 1. The second-order valence-corrected chi connectivity index (χ2v) is 5.26. The Kier molecular flexibility index (Phi) is 5.26.